The first kappa shape index (κ1) is 20.8. The standard InChI is InChI=1S/C26H23N3O4/c1-15-19-10-21-23(32-16(2)25(21)17-6-4-3-5-7-17)12-22(19)33-26(31)20(15)11-24(30)28-9-8-18-13-27-14-29-18/h3-7,10,12-14H,8-9,11H2,1-2H3,(H,27,29)(H,28,30). The smallest absolute Gasteiger partial charge is 0.340 e. The van der Waals surface area contributed by atoms with Crippen LogP contribution in [-0.2, 0) is 17.6 Å². The molecule has 2 aromatic carbocycles. The highest BCUT2D eigenvalue weighted by Gasteiger charge is 2.19. The number of fused-ring (bicyclic) bond motifs is 2. The number of imidazole rings is 1. The molecule has 0 unspecified atom stereocenters. The van der Waals surface area contributed by atoms with Crippen LogP contribution in [0.4, 0.5) is 0 Å². The number of furan rings is 1. The predicted molar refractivity (Wildman–Crippen MR) is 126 cm³/mol. The van der Waals surface area contributed by atoms with Crippen LogP contribution in [0.3, 0.4) is 0 Å². The third-order valence-corrected chi connectivity index (χ3v) is 5.94. The fourth-order valence-electron chi connectivity index (χ4n) is 4.25. The molecule has 33 heavy (non-hydrogen) atoms. The van der Waals surface area contributed by atoms with Gasteiger partial charge in [-0.05, 0) is 31.0 Å². The van der Waals surface area contributed by atoms with Crippen molar-refractivity contribution < 1.29 is 13.6 Å². The number of nitrogens with one attached hydrogen (secondary N) is 2. The molecule has 0 spiro atoms. The summed E-state index contributed by atoms with van der Waals surface area (Å²) in [7, 11) is 0. The van der Waals surface area contributed by atoms with Crippen LogP contribution in [0.5, 0.6) is 0 Å². The van der Waals surface area contributed by atoms with Gasteiger partial charge in [0.2, 0.25) is 5.91 Å². The van der Waals surface area contributed by atoms with Crippen LogP contribution in [0.1, 0.15) is 22.6 Å². The summed E-state index contributed by atoms with van der Waals surface area (Å²) in [5, 5.41) is 4.59. The van der Waals surface area contributed by atoms with Gasteiger partial charge in [-0.2, -0.15) is 0 Å². The molecule has 5 rings (SSSR count). The number of H-pyrrole nitrogens is 1. The number of aromatic amines is 1. The lowest BCUT2D eigenvalue weighted by atomic mass is 9.98. The number of hydrogen-bond donors (Lipinski definition) is 2. The van der Waals surface area contributed by atoms with Crippen molar-refractivity contribution >= 4 is 27.8 Å². The summed E-state index contributed by atoms with van der Waals surface area (Å²) in [6.45, 7) is 4.23. The maximum absolute atomic E-state index is 12.7. The van der Waals surface area contributed by atoms with Gasteiger partial charge in [0.15, 0.2) is 0 Å². The third-order valence-electron chi connectivity index (χ3n) is 5.94. The van der Waals surface area contributed by atoms with E-state index in [4.69, 9.17) is 8.83 Å². The first-order valence-corrected chi connectivity index (χ1v) is 10.8. The Morgan fingerprint density at radius 1 is 1.06 bits per heavy atom. The maximum Gasteiger partial charge on any atom is 0.340 e. The van der Waals surface area contributed by atoms with E-state index in [1.54, 1.807) is 18.6 Å². The number of nitrogens with zero attached hydrogens (tertiary/aromatic N) is 1. The summed E-state index contributed by atoms with van der Waals surface area (Å²) in [5.74, 6) is 0.567. The van der Waals surface area contributed by atoms with Gasteiger partial charge in [-0.1, -0.05) is 30.3 Å². The van der Waals surface area contributed by atoms with Gasteiger partial charge in [0.1, 0.15) is 16.9 Å². The van der Waals surface area contributed by atoms with Gasteiger partial charge < -0.3 is 19.1 Å². The Morgan fingerprint density at radius 3 is 2.61 bits per heavy atom. The highest BCUT2D eigenvalue weighted by Crippen LogP contribution is 2.37. The lowest BCUT2D eigenvalue weighted by Crippen LogP contribution is -2.29. The second-order valence-corrected chi connectivity index (χ2v) is 8.09. The van der Waals surface area contributed by atoms with Crippen molar-refractivity contribution in [2.24, 2.45) is 0 Å². The zero-order valence-corrected chi connectivity index (χ0v) is 18.4. The molecule has 3 aromatic heterocycles. The Balaban J connectivity index is 1.49. The van der Waals surface area contributed by atoms with Gasteiger partial charge in [0, 0.05) is 47.3 Å². The second-order valence-electron chi connectivity index (χ2n) is 8.09. The van der Waals surface area contributed by atoms with Gasteiger partial charge in [-0.25, -0.2) is 9.78 Å². The fraction of sp³-hybridized carbons (Fsp3) is 0.192. The average Bonchev–Trinajstić information content (AvgIpc) is 3.43. The van der Waals surface area contributed by atoms with Gasteiger partial charge >= 0.3 is 5.63 Å². The first-order chi connectivity index (χ1) is 16.0. The van der Waals surface area contributed by atoms with Gasteiger partial charge in [-0.15, -0.1) is 0 Å². The minimum atomic E-state index is -0.505. The number of carbonyl (C=O) groups is 1. The third kappa shape index (κ3) is 3.93. The molecule has 0 aliphatic heterocycles. The zero-order valence-electron chi connectivity index (χ0n) is 18.4. The molecule has 5 aromatic rings. The molecule has 0 aliphatic rings. The Kier molecular flexibility index (Phi) is 5.30. The minimum absolute atomic E-state index is 0.0406. The highest BCUT2D eigenvalue weighted by atomic mass is 16.4. The summed E-state index contributed by atoms with van der Waals surface area (Å²) >= 11 is 0. The molecule has 0 saturated carbocycles. The topological polar surface area (TPSA) is 101 Å². The van der Waals surface area contributed by atoms with E-state index in [2.05, 4.69) is 15.3 Å². The van der Waals surface area contributed by atoms with Crippen LogP contribution in [0.15, 0.2) is 68.6 Å². The molecule has 0 atom stereocenters. The lowest BCUT2D eigenvalue weighted by molar-refractivity contribution is -0.120. The molecular formula is C26H23N3O4. The molecule has 0 bridgehead atoms. The summed E-state index contributed by atoms with van der Waals surface area (Å²) in [5.41, 5.74) is 4.70. The van der Waals surface area contributed by atoms with Crippen molar-refractivity contribution in [3.8, 4) is 11.1 Å². The van der Waals surface area contributed by atoms with Crippen molar-refractivity contribution in [1.82, 2.24) is 15.3 Å². The quantitative estimate of drug-likeness (QED) is 0.379. The molecule has 0 saturated heterocycles. The van der Waals surface area contributed by atoms with Crippen molar-refractivity contribution in [2.45, 2.75) is 26.7 Å². The number of aromatic nitrogens is 2. The second kappa shape index (κ2) is 8.43. The summed E-state index contributed by atoms with van der Waals surface area (Å²) in [4.78, 5) is 32.1. The van der Waals surface area contributed by atoms with E-state index >= 15 is 0 Å². The largest absolute Gasteiger partial charge is 0.461 e. The summed E-state index contributed by atoms with van der Waals surface area (Å²) < 4.78 is 11.6. The van der Waals surface area contributed by atoms with Gasteiger partial charge in [0.05, 0.1) is 18.3 Å². The van der Waals surface area contributed by atoms with E-state index in [0.717, 1.165) is 38.9 Å². The molecular weight excluding hydrogens is 418 g/mol. The van der Waals surface area contributed by atoms with Crippen LogP contribution >= 0.6 is 0 Å². The van der Waals surface area contributed by atoms with E-state index in [0.29, 0.717) is 29.7 Å². The number of benzene rings is 2. The Bertz CT molecular complexity index is 1510. The van der Waals surface area contributed by atoms with Crippen molar-refractivity contribution in [3.05, 3.63) is 88.0 Å². The zero-order chi connectivity index (χ0) is 22.9. The fourth-order valence-corrected chi connectivity index (χ4v) is 4.25. The Labute approximate surface area is 189 Å². The summed E-state index contributed by atoms with van der Waals surface area (Å²) in [6, 6.07) is 13.8. The van der Waals surface area contributed by atoms with Crippen LogP contribution in [-0.4, -0.2) is 22.4 Å². The highest BCUT2D eigenvalue weighted by molar-refractivity contribution is 6.03. The molecule has 7 nitrogen and oxygen atoms in total. The SMILES string of the molecule is Cc1oc2cc3oc(=O)c(CC(=O)NCCc4cnc[nH]4)c(C)c3cc2c1-c1ccccc1. The Morgan fingerprint density at radius 2 is 1.85 bits per heavy atom. The van der Waals surface area contributed by atoms with E-state index < -0.39 is 5.63 Å². The number of carbonyl (C=O) groups excluding carboxylic acids is 1. The molecule has 0 aliphatic carbocycles. The van der Waals surface area contributed by atoms with Crippen LogP contribution in [0, 0.1) is 13.8 Å². The normalized spacial score (nSPS) is 11.3. The van der Waals surface area contributed by atoms with Crippen LogP contribution < -0.4 is 10.9 Å². The van der Waals surface area contributed by atoms with Crippen molar-refractivity contribution in [2.75, 3.05) is 6.54 Å². The van der Waals surface area contributed by atoms with E-state index in [1.807, 2.05) is 50.2 Å². The van der Waals surface area contributed by atoms with Crippen molar-refractivity contribution in [1.29, 1.82) is 0 Å². The van der Waals surface area contributed by atoms with Crippen LogP contribution in [0.25, 0.3) is 33.1 Å². The molecule has 1 amide bonds. The van der Waals surface area contributed by atoms with Gasteiger partial charge in [0.25, 0.3) is 0 Å². The number of hydrogen-bond acceptors (Lipinski definition) is 5. The Hall–Kier alpha value is -4.13. The van der Waals surface area contributed by atoms with E-state index in [-0.39, 0.29) is 12.3 Å². The summed E-state index contributed by atoms with van der Waals surface area (Å²) in [6.07, 6.45) is 3.91. The first-order valence-electron chi connectivity index (χ1n) is 10.8. The molecule has 0 radical (unpaired) electrons. The molecule has 0 fully saturated rings. The van der Waals surface area contributed by atoms with E-state index in [9.17, 15) is 9.59 Å². The van der Waals surface area contributed by atoms with E-state index in [1.165, 1.54) is 0 Å². The molecule has 7 heteroatoms. The lowest BCUT2D eigenvalue weighted by Gasteiger charge is -2.09. The molecule has 166 valence electrons. The number of rotatable bonds is 6. The predicted octanol–water partition coefficient (Wildman–Crippen LogP) is 4.45. The van der Waals surface area contributed by atoms with Crippen LogP contribution in [0.2, 0.25) is 0 Å². The molecule has 3 heterocycles. The molecule has 2 N–H and O–H groups in total. The number of aryl methyl sites for hydroxylation is 2. The van der Waals surface area contributed by atoms with Gasteiger partial charge in [-0.3, -0.25) is 4.79 Å². The maximum atomic E-state index is 12.7. The minimum Gasteiger partial charge on any atom is -0.461 e. The average molecular weight is 441 g/mol. The number of amides is 1. The monoisotopic (exact) mass is 441 g/mol. The van der Waals surface area contributed by atoms with Crippen molar-refractivity contribution in [3.63, 3.8) is 0 Å².